The zero-order valence-corrected chi connectivity index (χ0v) is 15.0. The Morgan fingerprint density at radius 1 is 0.963 bits per heavy atom. The maximum absolute atomic E-state index is 12.1. The third-order valence-electron chi connectivity index (χ3n) is 3.45. The van der Waals surface area contributed by atoms with Gasteiger partial charge in [-0.2, -0.15) is 0 Å². The van der Waals surface area contributed by atoms with E-state index in [0.717, 1.165) is 0 Å². The molecule has 0 aromatic heterocycles. The summed E-state index contributed by atoms with van der Waals surface area (Å²) in [7, 11) is 1.45. The first-order valence-corrected chi connectivity index (χ1v) is 8.02. The van der Waals surface area contributed by atoms with E-state index in [-0.39, 0.29) is 24.7 Å². The summed E-state index contributed by atoms with van der Waals surface area (Å²) >= 11 is 0. The fourth-order valence-electron chi connectivity index (χ4n) is 2.15. The Kier molecular flexibility index (Phi) is 6.76. The van der Waals surface area contributed by atoms with E-state index in [0.29, 0.717) is 22.7 Å². The number of carbonyl (C=O) groups is 3. The van der Waals surface area contributed by atoms with Crippen molar-refractivity contribution in [2.45, 2.75) is 6.92 Å². The largest absolute Gasteiger partial charge is 0.493 e. The van der Waals surface area contributed by atoms with Crippen molar-refractivity contribution in [2.75, 3.05) is 25.6 Å². The smallest absolute Gasteiger partial charge is 0.262 e. The van der Waals surface area contributed by atoms with Gasteiger partial charge in [0.25, 0.3) is 11.8 Å². The highest BCUT2D eigenvalue weighted by Crippen LogP contribution is 2.30. The van der Waals surface area contributed by atoms with Gasteiger partial charge in [0, 0.05) is 17.3 Å². The minimum absolute atomic E-state index is 0.0480. The van der Waals surface area contributed by atoms with E-state index in [9.17, 15) is 14.4 Å². The number of benzene rings is 2. The SMILES string of the molecule is COc1ccc(NC(=O)COc2ccc(C(C)=O)cc2)cc1OCC(N)=O. The summed E-state index contributed by atoms with van der Waals surface area (Å²) in [6, 6.07) is 11.2. The van der Waals surface area contributed by atoms with Crippen LogP contribution in [0.2, 0.25) is 0 Å². The summed E-state index contributed by atoms with van der Waals surface area (Å²) in [4.78, 5) is 34.2. The predicted molar refractivity (Wildman–Crippen MR) is 98.3 cm³/mol. The zero-order chi connectivity index (χ0) is 19.8. The Bertz CT molecular complexity index is 833. The van der Waals surface area contributed by atoms with Crippen molar-refractivity contribution >= 4 is 23.3 Å². The highest BCUT2D eigenvalue weighted by Gasteiger charge is 2.10. The van der Waals surface area contributed by atoms with E-state index in [4.69, 9.17) is 19.9 Å². The molecule has 8 nitrogen and oxygen atoms in total. The first-order valence-electron chi connectivity index (χ1n) is 8.02. The number of primary amides is 1. The first-order chi connectivity index (χ1) is 12.9. The first kappa shape index (κ1) is 19.8. The van der Waals surface area contributed by atoms with Crippen LogP contribution in [-0.2, 0) is 9.59 Å². The van der Waals surface area contributed by atoms with Crippen molar-refractivity contribution in [3.8, 4) is 17.2 Å². The Labute approximate surface area is 156 Å². The molecule has 2 aromatic carbocycles. The number of hydrogen-bond donors (Lipinski definition) is 2. The lowest BCUT2D eigenvalue weighted by molar-refractivity contribution is -0.120. The lowest BCUT2D eigenvalue weighted by Crippen LogP contribution is -2.21. The van der Waals surface area contributed by atoms with Crippen molar-refractivity contribution < 1.29 is 28.6 Å². The molecule has 0 saturated heterocycles. The maximum atomic E-state index is 12.1. The van der Waals surface area contributed by atoms with Crippen LogP contribution in [0.5, 0.6) is 17.2 Å². The van der Waals surface area contributed by atoms with Gasteiger partial charge < -0.3 is 25.3 Å². The number of nitrogens with one attached hydrogen (secondary N) is 1. The summed E-state index contributed by atoms with van der Waals surface area (Å²) in [5.41, 5.74) is 6.07. The molecule has 142 valence electrons. The van der Waals surface area contributed by atoms with Crippen molar-refractivity contribution in [3.05, 3.63) is 48.0 Å². The quantitative estimate of drug-likeness (QED) is 0.648. The molecule has 0 heterocycles. The van der Waals surface area contributed by atoms with Crippen LogP contribution in [0.25, 0.3) is 0 Å². The lowest BCUT2D eigenvalue weighted by Gasteiger charge is -2.12. The van der Waals surface area contributed by atoms with Crippen molar-refractivity contribution in [1.29, 1.82) is 0 Å². The molecule has 0 fully saturated rings. The molecule has 0 radical (unpaired) electrons. The topological polar surface area (TPSA) is 117 Å². The average molecular weight is 372 g/mol. The van der Waals surface area contributed by atoms with Crippen LogP contribution in [0.15, 0.2) is 42.5 Å². The van der Waals surface area contributed by atoms with Crippen molar-refractivity contribution in [2.24, 2.45) is 5.73 Å². The van der Waals surface area contributed by atoms with Gasteiger partial charge in [-0.1, -0.05) is 0 Å². The molecule has 2 aromatic rings. The van der Waals surface area contributed by atoms with Crippen LogP contribution in [0.4, 0.5) is 5.69 Å². The summed E-state index contributed by atoms with van der Waals surface area (Å²) in [5, 5.41) is 2.65. The number of ether oxygens (including phenoxy) is 3. The number of amides is 2. The number of ketones is 1. The van der Waals surface area contributed by atoms with Gasteiger partial charge in [0.05, 0.1) is 7.11 Å². The van der Waals surface area contributed by atoms with Gasteiger partial charge in [-0.3, -0.25) is 14.4 Å². The van der Waals surface area contributed by atoms with Crippen LogP contribution >= 0.6 is 0 Å². The third-order valence-corrected chi connectivity index (χ3v) is 3.45. The minimum atomic E-state index is -0.629. The van der Waals surface area contributed by atoms with Crippen LogP contribution in [-0.4, -0.2) is 37.9 Å². The molecule has 2 rings (SSSR count). The van der Waals surface area contributed by atoms with Crippen molar-refractivity contribution in [1.82, 2.24) is 0 Å². The molecule has 0 atom stereocenters. The highest BCUT2D eigenvalue weighted by molar-refractivity contribution is 5.94. The van der Waals surface area contributed by atoms with E-state index in [2.05, 4.69) is 5.32 Å². The van der Waals surface area contributed by atoms with Gasteiger partial charge in [0.2, 0.25) is 0 Å². The Morgan fingerprint density at radius 3 is 2.26 bits per heavy atom. The zero-order valence-electron chi connectivity index (χ0n) is 15.0. The normalized spacial score (nSPS) is 10.0. The molecular formula is C19H20N2O6. The van der Waals surface area contributed by atoms with E-state index < -0.39 is 11.8 Å². The van der Waals surface area contributed by atoms with E-state index in [1.807, 2.05) is 0 Å². The second kappa shape index (κ2) is 9.23. The molecule has 0 bridgehead atoms. The van der Waals surface area contributed by atoms with Crippen LogP contribution in [0.1, 0.15) is 17.3 Å². The van der Waals surface area contributed by atoms with Gasteiger partial charge >= 0.3 is 0 Å². The Hall–Kier alpha value is -3.55. The summed E-state index contributed by atoms with van der Waals surface area (Å²) in [6.45, 7) is 0.940. The fraction of sp³-hybridized carbons (Fsp3) is 0.211. The molecule has 27 heavy (non-hydrogen) atoms. The number of methoxy groups -OCH3 is 1. The molecular weight excluding hydrogens is 352 g/mol. The Morgan fingerprint density at radius 2 is 1.67 bits per heavy atom. The Balaban J connectivity index is 1.95. The second-order valence-electron chi connectivity index (χ2n) is 5.54. The van der Waals surface area contributed by atoms with Gasteiger partial charge in [-0.15, -0.1) is 0 Å². The minimum Gasteiger partial charge on any atom is -0.493 e. The van der Waals surface area contributed by atoms with Gasteiger partial charge in [-0.05, 0) is 43.3 Å². The van der Waals surface area contributed by atoms with Crippen LogP contribution in [0, 0.1) is 0 Å². The molecule has 0 aliphatic heterocycles. The van der Waals surface area contributed by atoms with E-state index in [1.165, 1.54) is 20.1 Å². The van der Waals surface area contributed by atoms with Gasteiger partial charge in [-0.25, -0.2) is 0 Å². The monoisotopic (exact) mass is 372 g/mol. The third kappa shape index (κ3) is 6.03. The number of hydrogen-bond acceptors (Lipinski definition) is 6. The fourth-order valence-corrected chi connectivity index (χ4v) is 2.15. The molecule has 0 unspecified atom stereocenters. The number of rotatable bonds is 9. The maximum Gasteiger partial charge on any atom is 0.262 e. The molecule has 3 N–H and O–H groups in total. The molecule has 2 amide bonds. The standard InChI is InChI=1S/C19H20N2O6/c1-12(22)13-3-6-15(7-4-13)26-11-19(24)21-14-5-8-16(25-2)17(9-14)27-10-18(20)23/h3-9H,10-11H2,1-2H3,(H2,20,23)(H,21,24). The van der Waals surface area contributed by atoms with Gasteiger partial charge in [0.1, 0.15) is 5.75 Å². The molecule has 0 saturated carbocycles. The molecule has 0 spiro atoms. The highest BCUT2D eigenvalue weighted by atomic mass is 16.5. The van der Waals surface area contributed by atoms with Crippen LogP contribution < -0.4 is 25.3 Å². The predicted octanol–water partition coefficient (Wildman–Crippen LogP) is 1.78. The summed E-state index contributed by atoms with van der Waals surface area (Å²) in [5.74, 6) is 0.0711. The summed E-state index contributed by atoms with van der Waals surface area (Å²) in [6.07, 6.45) is 0. The summed E-state index contributed by atoms with van der Waals surface area (Å²) < 4.78 is 15.8. The van der Waals surface area contributed by atoms with Crippen LogP contribution in [0.3, 0.4) is 0 Å². The average Bonchev–Trinajstić information content (AvgIpc) is 2.65. The molecule has 8 heteroatoms. The number of carbonyl (C=O) groups excluding carboxylic acids is 3. The number of nitrogens with two attached hydrogens (primary N) is 1. The van der Waals surface area contributed by atoms with E-state index >= 15 is 0 Å². The molecule has 0 aliphatic rings. The second-order valence-corrected chi connectivity index (χ2v) is 5.54. The number of anilines is 1. The van der Waals surface area contributed by atoms with Crippen molar-refractivity contribution in [3.63, 3.8) is 0 Å². The lowest BCUT2D eigenvalue weighted by atomic mass is 10.1. The molecule has 0 aliphatic carbocycles. The van der Waals surface area contributed by atoms with E-state index in [1.54, 1.807) is 36.4 Å². The van der Waals surface area contributed by atoms with Gasteiger partial charge in [0.15, 0.2) is 30.5 Å². The number of Topliss-reactive ketones (excluding diaryl/α,β-unsaturated/α-hetero) is 1.